The van der Waals surface area contributed by atoms with Crippen molar-refractivity contribution in [3.8, 4) is 16.9 Å². The van der Waals surface area contributed by atoms with Crippen molar-refractivity contribution in [1.29, 1.82) is 0 Å². The van der Waals surface area contributed by atoms with E-state index in [0.717, 1.165) is 78.7 Å². The van der Waals surface area contributed by atoms with Crippen LogP contribution in [0.25, 0.3) is 22.2 Å². The van der Waals surface area contributed by atoms with E-state index in [1.54, 1.807) is 20.0 Å². The molecular formula is C37H43ClN6O3. The summed E-state index contributed by atoms with van der Waals surface area (Å²) in [7, 11) is 0. The summed E-state index contributed by atoms with van der Waals surface area (Å²) in [5, 5.41) is 4.86. The lowest BCUT2D eigenvalue weighted by molar-refractivity contribution is -0.146. The largest absolute Gasteiger partial charge is 0.476 e. The normalized spacial score (nSPS) is 18.7. The number of halogens is 1. The number of nitrogens with one attached hydrogen (secondary N) is 2. The van der Waals surface area contributed by atoms with Crippen molar-refractivity contribution in [1.82, 2.24) is 25.1 Å². The van der Waals surface area contributed by atoms with Gasteiger partial charge in [-0.15, -0.1) is 0 Å². The Hall–Kier alpha value is -4.08. The van der Waals surface area contributed by atoms with Crippen LogP contribution in [0.5, 0.6) is 5.75 Å². The number of aromatic nitrogens is 2. The summed E-state index contributed by atoms with van der Waals surface area (Å²) in [4.78, 5) is 41.2. The van der Waals surface area contributed by atoms with Crippen LogP contribution in [-0.2, 0) is 16.1 Å². The van der Waals surface area contributed by atoms with Gasteiger partial charge in [0.2, 0.25) is 5.91 Å². The number of aromatic amines is 1. The van der Waals surface area contributed by atoms with Gasteiger partial charge in [0.1, 0.15) is 16.4 Å². The van der Waals surface area contributed by atoms with E-state index in [1.807, 2.05) is 35.4 Å². The third-order valence-electron chi connectivity index (χ3n) is 9.68. The van der Waals surface area contributed by atoms with Gasteiger partial charge in [-0.25, -0.2) is 4.98 Å². The first-order valence-electron chi connectivity index (χ1n) is 16.8. The number of hydrogen-bond donors (Lipinski definition) is 2. The Balaban J connectivity index is 1.03. The second-order valence-electron chi connectivity index (χ2n) is 13.5. The number of piperazine rings is 1. The molecule has 2 aliphatic heterocycles. The molecule has 3 fully saturated rings. The van der Waals surface area contributed by atoms with Gasteiger partial charge in [-0.1, -0.05) is 41.9 Å². The molecule has 0 unspecified atom stereocenters. The van der Waals surface area contributed by atoms with Crippen molar-refractivity contribution < 1.29 is 14.3 Å². The van der Waals surface area contributed by atoms with Gasteiger partial charge in [-0.3, -0.25) is 9.59 Å². The number of carbonyl (C=O) groups is 2. The van der Waals surface area contributed by atoms with Gasteiger partial charge in [-0.2, -0.15) is 0 Å². The minimum Gasteiger partial charge on any atom is -0.476 e. The second-order valence-corrected chi connectivity index (χ2v) is 13.9. The standard InChI is InChI=1S/C37H43ClN6O3/c1-37(2,36(46)42-20-17-39-18-21-42)47-32-9-3-8-31(33(32)38)43-19-5-6-27(24-43)35(45)44(28-14-15-28)23-25-10-12-26(13-11-25)30-22-41-34-29(30)7-4-16-40-34/h3-4,7-13,16,22,27-28,39H,5-6,14-15,17-21,23-24H2,1-2H3,(H,40,41)/t27-/m1/s1. The van der Waals surface area contributed by atoms with Crippen LogP contribution in [0.2, 0.25) is 5.02 Å². The Morgan fingerprint density at radius 2 is 1.81 bits per heavy atom. The zero-order chi connectivity index (χ0) is 32.5. The fourth-order valence-corrected chi connectivity index (χ4v) is 7.26. The maximum Gasteiger partial charge on any atom is 0.266 e. The van der Waals surface area contributed by atoms with Crippen LogP contribution in [0.3, 0.4) is 0 Å². The van der Waals surface area contributed by atoms with Gasteiger partial charge in [0.05, 0.1) is 11.6 Å². The van der Waals surface area contributed by atoms with Crippen LogP contribution in [0.4, 0.5) is 5.69 Å². The van der Waals surface area contributed by atoms with E-state index in [2.05, 4.69) is 55.4 Å². The Morgan fingerprint density at radius 1 is 1.02 bits per heavy atom. The fraction of sp³-hybridized carbons (Fsp3) is 0.432. The quantitative estimate of drug-likeness (QED) is 0.234. The summed E-state index contributed by atoms with van der Waals surface area (Å²) in [6, 6.07) is 18.6. The zero-order valence-electron chi connectivity index (χ0n) is 27.2. The van der Waals surface area contributed by atoms with E-state index < -0.39 is 5.60 Å². The smallest absolute Gasteiger partial charge is 0.266 e. The first-order valence-corrected chi connectivity index (χ1v) is 17.2. The predicted octanol–water partition coefficient (Wildman–Crippen LogP) is 5.88. The molecule has 0 bridgehead atoms. The molecule has 2 N–H and O–H groups in total. The summed E-state index contributed by atoms with van der Waals surface area (Å²) in [6.45, 7) is 8.50. The molecule has 1 saturated carbocycles. The lowest BCUT2D eigenvalue weighted by atomic mass is 9.95. The highest BCUT2D eigenvalue weighted by atomic mass is 35.5. The Bertz CT molecular complexity index is 1740. The number of anilines is 1. The van der Waals surface area contributed by atoms with Gasteiger partial charge in [0, 0.05) is 75.2 Å². The molecule has 4 heterocycles. The number of amides is 2. The lowest BCUT2D eigenvalue weighted by Crippen LogP contribution is -2.54. The number of ether oxygens (including phenoxy) is 1. The molecule has 4 aromatic rings. The minimum absolute atomic E-state index is 0.0471. The number of hydrogen-bond acceptors (Lipinski definition) is 6. The number of carbonyl (C=O) groups excluding carboxylic acids is 2. The minimum atomic E-state index is -1.06. The van der Waals surface area contributed by atoms with Gasteiger partial charge in [-0.05, 0) is 74.9 Å². The average molecular weight is 655 g/mol. The number of nitrogens with zero attached hydrogens (tertiary/aromatic N) is 4. The number of pyridine rings is 1. The zero-order valence-corrected chi connectivity index (χ0v) is 27.9. The van der Waals surface area contributed by atoms with Crippen molar-refractivity contribution >= 4 is 40.1 Å². The molecule has 7 rings (SSSR count). The van der Waals surface area contributed by atoms with E-state index in [9.17, 15) is 9.59 Å². The summed E-state index contributed by atoms with van der Waals surface area (Å²) >= 11 is 6.98. The molecule has 9 nitrogen and oxygen atoms in total. The molecule has 0 radical (unpaired) electrons. The summed E-state index contributed by atoms with van der Waals surface area (Å²) in [5.74, 6) is 0.538. The molecule has 1 atom stereocenters. The molecule has 3 aliphatic rings. The number of H-pyrrole nitrogens is 1. The molecule has 0 spiro atoms. The fourth-order valence-electron chi connectivity index (χ4n) is 6.98. The number of fused-ring (bicyclic) bond motifs is 1. The third-order valence-corrected chi connectivity index (χ3v) is 10.1. The van der Waals surface area contributed by atoms with E-state index >= 15 is 0 Å². The predicted molar refractivity (Wildman–Crippen MR) is 186 cm³/mol. The third kappa shape index (κ3) is 6.69. The Morgan fingerprint density at radius 3 is 2.57 bits per heavy atom. The maximum absolute atomic E-state index is 14.1. The Kier molecular flexibility index (Phi) is 8.85. The molecule has 10 heteroatoms. The molecule has 246 valence electrons. The first-order chi connectivity index (χ1) is 22.8. The van der Waals surface area contributed by atoms with Crippen molar-refractivity contribution in [2.45, 2.75) is 57.7 Å². The van der Waals surface area contributed by atoms with Gasteiger partial charge in [0.15, 0.2) is 5.60 Å². The molecule has 2 amide bonds. The number of rotatable bonds is 9. The topological polar surface area (TPSA) is 93.8 Å². The summed E-state index contributed by atoms with van der Waals surface area (Å²) in [6.07, 6.45) is 7.65. The van der Waals surface area contributed by atoms with E-state index in [4.69, 9.17) is 16.3 Å². The monoisotopic (exact) mass is 654 g/mol. The van der Waals surface area contributed by atoms with Gasteiger partial charge < -0.3 is 29.7 Å². The SMILES string of the molecule is CC(C)(Oc1cccc(N2CCC[C@@H](C(=O)N(Cc3ccc(-c4c[nH]c5ncccc45)cc3)C3CC3)C2)c1Cl)C(=O)N1CCNCC1. The van der Waals surface area contributed by atoms with E-state index in [1.165, 1.54) is 0 Å². The molecule has 2 saturated heterocycles. The van der Waals surface area contributed by atoms with Crippen molar-refractivity contribution in [3.05, 3.63) is 77.6 Å². The van der Waals surface area contributed by atoms with Crippen molar-refractivity contribution in [2.24, 2.45) is 5.92 Å². The highest BCUT2D eigenvalue weighted by Crippen LogP contribution is 2.39. The number of piperidine rings is 1. The van der Waals surface area contributed by atoms with E-state index in [-0.39, 0.29) is 17.7 Å². The molecule has 2 aromatic carbocycles. The Labute approximate surface area is 281 Å². The summed E-state index contributed by atoms with van der Waals surface area (Å²) < 4.78 is 6.30. The molecular weight excluding hydrogens is 612 g/mol. The maximum atomic E-state index is 14.1. The van der Waals surface area contributed by atoms with Crippen LogP contribution in [0, 0.1) is 5.92 Å². The van der Waals surface area contributed by atoms with Crippen LogP contribution in [0.1, 0.15) is 45.1 Å². The van der Waals surface area contributed by atoms with Gasteiger partial charge >= 0.3 is 0 Å². The number of benzene rings is 2. The van der Waals surface area contributed by atoms with Crippen LogP contribution in [-0.4, -0.2) is 82.5 Å². The van der Waals surface area contributed by atoms with Crippen LogP contribution >= 0.6 is 11.6 Å². The summed E-state index contributed by atoms with van der Waals surface area (Å²) in [5.41, 5.74) is 4.04. The highest BCUT2D eigenvalue weighted by Gasteiger charge is 2.39. The lowest BCUT2D eigenvalue weighted by Gasteiger charge is -2.37. The van der Waals surface area contributed by atoms with E-state index in [0.29, 0.717) is 43.0 Å². The highest BCUT2D eigenvalue weighted by molar-refractivity contribution is 6.34. The molecule has 1 aliphatic carbocycles. The van der Waals surface area contributed by atoms with Crippen LogP contribution < -0.4 is 15.0 Å². The molecule has 2 aromatic heterocycles. The molecule has 47 heavy (non-hydrogen) atoms. The average Bonchev–Trinajstić information content (AvgIpc) is 3.86. The van der Waals surface area contributed by atoms with Crippen molar-refractivity contribution in [3.63, 3.8) is 0 Å². The first kappa shape index (κ1) is 31.5. The van der Waals surface area contributed by atoms with Gasteiger partial charge in [0.25, 0.3) is 5.91 Å². The van der Waals surface area contributed by atoms with Crippen molar-refractivity contribution in [2.75, 3.05) is 44.2 Å². The van der Waals surface area contributed by atoms with Crippen LogP contribution in [0.15, 0.2) is 67.0 Å². The second kappa shape index (κ2) is 13.2.